The van der Waals surface area contributed by atoms with Gasteiger partial charge < -0.3 is 14.8 Å². The zero-order valence-electron chi connectivity index (χ0n) is 16.8. The maximum Gasteiger partial charge on any atom is 0.261 e. The van der Waals surface area contributed by atoms with Gasteiger partial charge in [-0.25, -0.2) is 0 Å². The van der Waals surface area contributed by atoms with Gasteiger partial charge in [-0.1, -0.05) is 42.8 Å². The Labute approximate surface area is 161 Å². The highest BCUT2D eigenvalue weighted by Gasteiger charge is 2.35. The van der Waals surface area contributed by atoms with Gasteiger partial charge in [0.05, 0.1) is 6.04 Å². The van der Waals surface area contributed by atoms with E-state index in [1.54, 1.807) is 0 Å². The number of aryl methyl sites for hydroxylation is 2. The molecule has 3 rings (SSSR count). The maximum atomic E-state index is 13.0. The fourth-order valence-electron chi connectivity index (χ4n) is 3.60. The van der Waals surface area contributed by atoms with Gasteiger partial charge in [0, 0.05) is 12.0 Å². The van der Waals surface area contributed by atoms with Gasteiger partial charge in [-0.2, -0.15) is 0 Å². The lowest BCUT2D eigenvalue weighted by molar-refractivity contribution is -0.129. The van der Waals surface area contributed by atoms with Crippen molar-refractivity contribution in [3.8, 4) is 11.5 Å². The summed E-state index contributed by atoms with van der Waals surface area (Å²) in [5, 5.41) is 3.19. The average molecular weight is 367 g/mol. The molecule has 4 nitrogen and oxygen atoms in total. The molecule has 1 aliphatic rings. The summed E-state index contributed by atoms with van der Waals surface area (Å²) in [4.78, 5) is 13.0. The number of hydrogen-bond acceptors (Lipinski definition) is 3. The molecule has 1 heterocycles. The lowest BCUT2D eigenvalue weighted by Crippen LogP contribution is -2.45. The van der Waals surface area contributed by atoms with Gasteiger partial charge in [0.2, 0.25) is 0 Å². The van der Waals surface area contributed by atoms with Gasteiger partial charge in [0.25, 0.3) is 5.91 Å². The number of carbonyl (C=O) groups is 1. The van der Waals surface area contributed by atoms with Crippen LogP contribution in [0.4, 0.5) is 0 Å². The van der Waals surface area contributed by atoms with Gasteiger partial charge in [0.1, 0.15) is 17.1 Å². The number of ether oxygens (including phenoxy) is 2. The van der Waals surface area contributed by atoms with E-state index in [1.165, 1.54) is 5.56 Å². The van der Waals surface area contributed by atoms with Crippen LogP contribution < -0.4 is 14.8 Å². The van der Waals surface area contributed by atoms with Crippen molar-refractivity contribution < 1.29 is 14.3 Å². The van der Waals surface area contributed by atoms with E-state index in [0.717, 1.165) is 29.0 Å². The van der Waals surface area contributed by atoms with Crippen molar-refractivity contribution in [2.45, 2.75) is 65.2 Å². The average Bonchev–Trinajstić information content (AvgIpc) is 2.60. The van der Waals surface area contributed by atoms with Crippen LogP contribution in [0.25, 0.3) is 0 Å². The summed E-state index contributed by atoms with van der Waals surface area (Å²) < 4.78 is 12.1. The molecule has 1 N–H and O–H groups in total. The third kappa shape index (κ3) is 4.44. The van der Waals surface area contributed by atoms with Crippen LogP contribution in [0.2, 0.25) is 0 Å². The lowest BCUT2D eigenvalue weighted by Gasteiger charge is -2.38. The second-order valence-electron chi connectivity index (χ2n) is 7.95. The highest BCUT2D eigenvalue weighted by atomic mass is 16.5. The first-order valence-corrected chi connectivity index (χ1v) is 9.61. The molecular weight excluding hydrogens is 338 g/mol. The number of benzene rings is 2. The van der Waals surface area contributed by atoms with Crippen LogP contribution in [0, 0.1) is 13.8 Å². The lowest BCUT2D eigenvalue weighted by atomic mass is 9.89. The second kappa shape index (κ2) is 7.63. The molecule has 0 spiro atoms. The minimum absolute atomic E-state index is 0.0880. The molecule has 2 aromatic carbocycles. The molecule has 0 aliphatic carbocycles. The highest BCUT2D eigenvalue weighted by molar-refractivity contribution is 5.81. The molecule has 144 valence electrons. The van der Waals surface area contributed by atoms with Crippen LogP contribution in [0.1, 0.15) is 56.3 Å². The highest BCUT2D eigenvalue weighted by Crippen LogP contribution is 2.39. The molecule has 2 aromatic rings. The van der Waals surface area contributed by atoms with Crippen LogP contribution >= 0.6 is 0 Å². The number of fused-ring (bicyclic) bond motifs is 1. The predicted octanol–water partition coefficient (Wildman–Crippen LogP) is 4.88. The Kier molecular flexibility index (Phi) is 5.45. The van der Waals surface area contributed by atoms with Gasteiger partial charge >= 0.3 is 0 Å². The molecule has 0 fully saturated rings. The summed E-state index contributed by atoms with van der Waals surface area (Å²) >= 11 is 0. The molecule has 0 bridgehead atoms. The van der Waals surface area contributed by atoms with Gasteiger partial charge in [-0.3, -0.25) is 4.79 Å². The third-order valence-electron chi connectivity index (χ3n) is 4.96. The second-order valence-corrected chi connectivity index (χ2v) is 7.95. The largest absolute Gasteiger partial charge is 0.487 e. The molecule has 4 heteroatoms. The van der Waals surface area contributed by atoms with Crippen molar-refractivity contribution in [1.82, 2.24) is 5.32 Å². The minimum atomic E-state index is -0.524. The predicted molar refractivity (Wildman–Crippen MR) is 107 cm³/mol. The van der Waals surface area contributed by atoms with Crippen molar-refractivity contribution in [3.05, 3.63) is 59.2 Å². The molecule has 0 aromatic heterocycles. The van der Waals surface area contributed by atoms with Crippen molar-refractivity contribution in [2.24, 2.45) is 0 Å². The van der Waals surface area contributed by atoms with Crippen LogP contribution in [0.3, 0.4) is 0 Å². The number of para-hydroxylation sites is 1. The zero-order valence-corrected chi connectivity index (χ0v) is 16.8. The zero-order chi connectivity index (χ0) is 19.6. The molecule has 0 radical (unpaired) electrons. The number of nitrogens with one attached hydrogen (secondary N) is 1. The monoisotopic (exact) mass is 367 g/mol. The Hall–Kier alpha value is -2.49. The number of hydrogen-bond donors (Lipinski definition) is 1. The molecule has 1 amide bonds. The van der Waals surface area contributed by atoms with Crippen molar-refractivity contribution in [3.63, 3.8) is 0 Å². The van der Waals surface area contributed by atoms with Crippen molar-refractivity contribution in [2.75, 3.05) is 0 Å². The van der Waals surface area contributed by atoms with E-state index >= 15 is 0 Å². The maximum absolute atomic E-state index is 13.0. The molecule has 27 heavy (non-hydrogen) atoms. The smallest absolute Gasteiger partial charge is 0.261 e. The summed E-state index contributed by atoms with van der Waals surface area (Å²) in [7, 11) is 0. The molecular formula is C23H29NO3. The Morgan fingerprint density at radius 3 is 2.70 bits per heavy atom. The van der Waals surface area contributed by atoms with E-state index in [1.807, 2.05) is 71.0 Å². The molecule has 1 aliphatic heterocycles. The molecule has 0 saturated heterocycles. The normalized spacial score (nSPS) is 18.8. The van der Waals surface area contributed by atoms with E-state index < -0.39 is 6.10 Å². The summed E-state index contributed by atoms with van der Waals surface area (Å²) in [6, 6.07) is 13.8. The SMILES string of the molecule is CC[C@H](Oc1ccc(C)cc1C)C(=O)N[C@H]1CC(C)(C)Oc2ccccc21. The van der Waals surface area contributed by atoms with Crippen molar-refractivity contribution in [1.29, 1.82) is 0 Å². The molecule has 0 saturated carbocycles. The molecule has 0 unspecified atom stereocenters. The van der Waals surface area contributed by atoms with E-state index in [-0.39, 0.29) is 17.6 Å². The first-order chi connectivity index (χ1) is 12.8. The topological polar surface area (TPSA) is 47.6 Å². The quantitative estimate of drug-likeness (QED) is 0.819. The van der Waals surface area contributed by atoms with Crippen LogP contribution in [-0.2, 0) is 4.79 Å². The first-order valence-electron chi connectivity index (χ1n) is 9.61. The first kappa shape index (κ1) is 19.3. The van der Waals surface area contributed by atoms with E-state index in [0.29, 0.717) is 6.42 Å². The Morgan fingerprint density at radius 2 is 2.00 bits per heavy atom. The summed E-state index contributed by atoms with van der Waals surface area (Å²) in [5.41, 5.74) is 2.91. The number of amides is 1. The van der Waals surface area contributed by atoms with E-state index in [9.17, 15) is 4.79 Å². The fourth-order valence-corrected chi connectivity index (χ4v) is 3.60. The standard InChI is InChI=1S/C23H29NO3/c1-6-19(26-20-12-11-15(2)13-16(20)3)22(25)24-18-14-23(4,5)27-21-10-8-7-9-17(18)21/h7-13,18-19H,6,14H2,1-5H3,(H,24,25)/t18-,19-/m0/s1. The van der Waals surface area contributed by atoms with Crippen LogP contribution in [0.5, 0.6) is 11.5 Å². The Balaban J connectivity index is 1.76. The van der Waals surface area contributed by atoms with Crippen molar-refractivity contribution >= 4 is 5.91 Å². The molecule has 2 atom stereocenters. The van der Waals surface area contributed by atoms with Crippen LogP contribution in [0.15, 0.2) is 42.5 Å². The number of rotatable bonds is 5. The van der Waals surface area contributed by atoms with Gasteiger partial charge in [-0.05, 0) is 51.8 Å². The van der Waals surface area contributed by atoms with Gasteiger partial charge in [-0.15, -0.1) is 0 Å². The summed E-state index contributed by atoms with van der Waals surface area (Å²) in [5.74, 6) is 1.51. The fraction of sp³-hybridized carbons (Fsp3) is 0.435. The van der Waals surface area contributed by atoms with Gasteiger partial charge in [0.15, 0.2) is 6.10 Å². The summed E-state index contributed by atoms with van der Waals surface area (Å²) in [6.45, 7) is 10.1. The van der Waals surface area contributed by atoms with E-state index in [2.05, 4.69) is 11.4 Å². The minimum Gasteiger partial charge on any atom is -0.487 e. The number of carbonyl (C=O) groups excluding carboxylic acids is 1. The third-order valence-corrected chi connectivity index (χ3v) is 4.96. The van der Waals surface area contributed by atoms with E-state index in [4.69, 9.17) is 9.47 Å². The Morgan fingerprint density at radius 1 is 1.26 bits per heavy atom. The van der Waals surface area contributed by atoms with Crippen LogP contribution in [-0.4, -0.2) is 17.6 Å². The summed E-state index contributed by atoms with van der Waals surface area (Å²) in [6.07, 6.45) is 0.799. The Bertz CT molecular complexity index is 828.